The smallest absolute Gasteiger partial charge is 0.308 e. The molecule has 0 unspecified atom stereocenters. The van der Waals surface area contributed by atoms with Crippen LogP contribution in [0.3, 0.4) is 0 Å². The molecule has 0 aromatic heterocycles. The number of aryl methyl sites for hydroxylation is 2. The Hall–Kier alpha value is -2.18. The summed E-state index contributed by atoms with van der Waals surface area (Å²) in [5.41, 5.74) is 1.31. The van der Waals surface area contributed by atoms with E-state index in [1.54, 1.807) is 39.8 Å². The summed E-state index contributed by atoms with van der Waals surface area (Å²) in [4.78, 5) is 23.4. The molecular weight excluding hydrogens is 460 g/mol. The first-order chi connectivity index (χ1) is 14.4. The number of carbonyl (C=O) groups is 2. The molecule has 2 aromatic rings. The van der Waals surface area contributed by atoms with Gasteiger partial charge in [0, 0.05) is 4.47 Å². The van der Waals surface area contributed by atoms with Gasteiger partial charge in [0.15, 0.2) is 5.60 Å². The fraction of sp³-hybridized carbons (Fsp3) is 0.440. The van der Waals surface area contributed by atoms with E-state index in [4.69, 9.17) is 9.47 Å². The molecular formula is C25H33BrO5. The molecule has 31 heavy (non-hydrogen) atoms. The van der Waals surface area contributed by atoms with Crippen LogP contribution in [0.5, 0.6) is 0 Å². The average Bonchev–Trinajstić information content (AvgIpc) is 2.73. The summed E-state index contributed by atoms with van der Waals surface area (Å²) in [5, 5.41) is 10.9. The van der Waals surface area contributed by atoms with Crippen LogP contribution in [0.15, 0.2) is 53.0 Å². The molecule has 0 saturated carbocycles. The summed E-state index contributed by atoms with van der Waals surface area (Å²) in [7, 11) is 0. The maximum Gasteiger partial charge on any atom is 0.308 e. The molecule has 0 aliphatic rings. The van der Waals surface area contributed by atoms with Gasteiger partial charge in [0.2, 0.25) is 0 Å². The molecule has 0 radical (unpaired) electrons. The van der Waals surface area contributed by atoms with Gasteiger partial charge in [-0.15, -0.1) is 0 Å². The van der Waals surface area contributed by atoms with Crippen LogP contribution in [0.4, 0.5) is 0 Å². The highest BCUT2D eigenvalue weighted by Gasteiger charge is 2.34. The summed E-state index contributed by atoms with van der Waals surface area (Å²) in [6, 6.07) is 15.4. The molecule has 0 aliphatic heterocycles. The van der Waals surface area contributed by atoms with Crippen molar-refractivity contribution in [2.75, 3.05) is 13.2 Å². The van der Waals surface area contributed by atoms with Gasteiger partial charge >= 0.3 is 11.9 Å². The number of ether oxygens (including phenoxy) is 2. The predicted molar refractivity (Wildman–Crippen MR) is 126 cm³/mol. The lowest BCUT2D eigenvalue weighted by molar-refractivity contribution is -0.168. The quantitative estimate of drug-likeness (QED) is 0.528. The van der Waals surface area contributed by atoms with Gasteiger partial charge in [0.25, 0.3) is 0 Å². The van der Waals surface area contributed by atoms with Crippen molar-refractivity contribution in [3.63, 3.8) is 0 Å². The number of hydrogen-bond donors (Lipinski definition) is 1. The van der Waals surface area contributed by atoms with E-state index >= 15 is 0 Å². The fourth-order valence-corrected chi connectivity index (χ4v) is 2.58. The van der Waals surface area contributed by atoms with Crippen molar-refractivity contribution in [2.45, 2.75) is 47.1 Å². The molecule has 0 amide bonds. The molecule has 0 fully saturated rings. The van der Waals surface area contributed by atoms with Crippen LogP contribution < -0.4 is 0 Å². The molecule has 1 N–H and O–H groups in total. The molecule has 0 spiro atoms. The summed E-state index contributed by atoms with van der Waals surface area (Å²) in [5.74, 6) is -1.41. The largest absolute Gasteiger partial charge is 0.462 e. The molecule has 0 saturated heterocycles. The number of esters is 2. The molecule has 5 nitrogen and oxygen atoms in total. The van der Waals surface area contributed by atoms with E-state index in [0.29, 0.717) is 5.56 Å². The van der Waals surface area contributed by atoms with E-state index in [0.717, 1.165) is 10.0 Å². The van der Waals surface area contributed by atoms with Crippen molar-refractivity contribution in [1.29, 1.82) is 0 Å². The van der Waals surface area contributed by atoms with Crippen molar-refractivity contribution < 1.29 is 24.2 Å². The third-order valence-electron chi connectivity index (χ3n) is 4.45. The number of carbonyl (C=O) groups excluding carboxylic acids is 2. The zero-order chi connectivity index (χ0) is 23.6. The van der Waals surface area contributed by atoms with Crippen LogP contribution in [0.25, 0.3) is 0 Å². The molecule has 2 aromatic carbocycles. The molecule has 0 bridgehead atoms. The molecule has 6 heteroatoms. The van der Waals surface area contributed by atoms with Crippen molar-refractivity contribution >= 4 is 27.9 Å². The van der Waals surface area contributed by atoms with Gasteiger partial charge in [-0.2, -0.15) is 0 Å². The zero-order valence-corrected chi connectivity index (χ0v) is 20.7. The van der Waals surface area contributed by atoms with Gasteiger partial charge in [-0.05, 0) is 31.5 Å². The maximum atomic E-state index is 11.7. The molecule has 170 valence electrons. The van der Waals surface area contributed by atoms with Crippen LogP contribution in [0.2, 0.25) is 0 Å². The lowest BCUT2D eigenvalue weighted by Crippen LogP contribution is -2.39. The lowest BCUT2D eigenvalue weighted by atomic mass is 9.94. The van der Waals surface area contributed by atoms with Crippen LogP contribution in [0.1, 0.15) is 44.4 Å². The summed E-state index contributed by atoms with van der Waals surface area (Å²) < 4.78 is 11.5. The first-order valence-corrected chi connectivity index (χ1v) is 11.1. The third kappa shape index (κ3) is 9.66. The van der Waals surface area contributed by atoms with Gasteiger partial charge in [-0.3, -0.25) is 9.59 Å². The average molecular weight is 493 g/mol. The second-order valence-corrected chi connectivity index (χ2v) is 9.13. The highest BCUT2D eigenvalue weighted by atomic mass is 79.9. The highest BCUT2D eigenvalue weighted by molar-refractivity contribution is 9.10. The molecule has 0 aliphatic carbocycles. The molecule has 0 atom stereocenters. The number of halogens is 1. The third-order valence-corrected chi connectivity index (χ3v) is 4.98. The monoisotopic (exact) mass is 492 g/mol. The van der Waals surface area contributed by atoms with Gasteiger partial charge in [-0.1, -0.05) is 91.1 Å². The Labute approximate surface area is 193 Å². The van der Waals surface area contributed by atoms with E-state index in [9.17, 15) is 14.7 Å². The Balaban J connectivity index is 0.000000500. The van der Waals surface area contributed by atoms with E-state index < -0.39 is 17.5 Å². The summed E-state index contributed by atoms with van der Waals surface area (Å²) in [6.07, 6.45) is 0. The topological polar surface area (TPSA) is 72.8 Å². The number of hydrogen-bond acceptors (Lipinski definition) is 5. The van der Waals surface area contributed by atoms with Gasteiger partial charge < -0.3 is 14.6 Å². The number of benzene rings is 2. The zero-order valence-electron chi connectivity index (χ0n) is 19.1. The van der Waals surface area contributed by atoms with Crippen molar-refractivity contribution in [3.05, 3.63) is 69.7 Å². The van der Waals surface area contributed by atoms with Crippen molar-refractivity contribution in [3.8, 4) is 0 Å². The standard InChI is InChI=1S/C18H26O5.C7H7Br/c1-12(2)16(19)22-10-18(21,11-23-17(20)13(3)4)15-8-6-14(5)7-9-15;1-6-2-4-7(8)5-3-6/h6-9,12-13,21H,10-11H2,1-5H3;2-5H,1H3. The lowest BCUT2D eigenvalue weighted by Gasteiger charge is -2.28. The van der Waals surface area contributed by atoms with E-state index in [1.165, 1.54) is 5.56 Å². The summed E-state index contributed by atoms with van der Waals surface area (Å²) in [6.45, 7) is 10.3. The van der Waals surface area contributed by atoms with Crippen molar-refractivity contribution in [1.82, 2.24) is 0 Å². The van der Waals surface area contributed by atoms with E-state index in [-0.39, 0.29) is 25.0 Å². The second-order valence-electron chi connectivity index (χ2n) is 8.22. The minimum atomic E-state index is -1.57. The fourth-order valence-electron chi connectivity index (χ4n) is 2.32. The Kier molecular flexibility index (Phi) is 10.9. The van der Waals surface area contributed by atoms with E-state index in [2.05, 4.69) is 35.0 Å². The van der Waals surface area contributed by atoms with Crippen LogP contribution in [0, 0.1) is 25.7 Å². The van der Waals surface area contributed by atoms with Crippen LogP contribution in [-0.2, 0) is 24.7 Å². The Morgan fingerprint density at radius 2 is 1.16 bits per heavy atom. The molecule has 2 rings (SSSR count). The van der Waals surface area contributed by atoms with Crippen LogP contribution in [-0.4, -0.2) is 30.3 Å². The SMILES string of the molecule is Cc1ccc(Br)cc1.Cc1ccc(C(O)(COC(=O)C(C)C)COC(=O)C(C)C)cc1. The first-order valence-electron chi connectivity index (χ1n) is 10.3. The Bertz CT molecular complexity index is 781. The minimum absolute atomic E-state index is 0.265. The van der Waals surface area contributed by atoms with Crippen molar-refractivity contribution in [2.24, 2.45) is 11.8 Å². The van der Waals surface area contributed by atoms with Crippen LogP contribution >= 0.6 is 15.9 Å². The number of rotatable bonds is 7. The first kappa shape index (κ1) is 26.9. The second kappa shape index (κ2) is 12.6. The Morgan fingerprint density at radius 1 is 0.806 bits per heavy atom. The van der Waals surface area contributed by atoms with Gasteiger partial charge in [0.05, 0.1) is 11.8 Å². The van der Waals surface area contributed by atoms with Gasteiger partial charge in [0.1, 0.15) is 13.2 Å². The minimum Gasteiger partial charge on any atom is -0.462 e. The highest BCUT2D eigenvalue weighted by Crippen LogP contribution is 2.24. The van der Waals surface area contributed by atoms with E-state index in [1.807, 2.05) is 31.2 Å². The number of aliphatic hydroxyl groups is 1. The molecule has 0 heterocycles. The van der Waals surface area contributed by atoms with Gasteiger partial charge in [-0.25, -0.2) is 0 Å². The summed E-state index contributed by atoms with van der Waals surface area (Å²) >= 11 is 3.35. The predicted octanol–water partition coefficient (Wildman–Crippen LogP) is 5.34. The maximum absolute atomic E-state index is 11.7. The normalized spacial score (nSPS) is 11.0. The Morgan fingerprint density at radius 3 is 1.48 bits per heavy atom.